The molecule has 11 nitrogen and oxygen atoms in total. The number of hydrogen-bond donors (Lipinski definition) is 4. The van der Waals surface area contributed by atoms with E-state index in [0.717, 1.165) is 11.1 Å². The molecule has 0 unspecified atom stereocenters. The number of amides is 2. The molecular formula is C32H35N3O8. The van der Waals surface area contributed by atoms with Gasteiger partial charge in [-0.3, -0.25) is 9.59 Å². The molecule has 0 spiro atoms. The molecule has 0 aromatic heterocycles. The highest BCUT2D eigenvalue weighted by Gasteiger charge is 2.29. The third kappa shape index (κ3) is 8.89. The molecule has 4 rings (SSSR count). The normalized spacial score (nSPS) is 16.0. The standard InChI is InChI=1S/C32H35N3O8/c1-40-32(39)24-12-10-22(11-13-24)25-18-28(43-29(19-25)42-17-16-41-15-14-36)31(38)34-20-21-6-8-23(9-7-21)30(37)35-27-5-3-2-4-26(27)33/h2-13,18,25,29,36H,14-17,19-20,33H2,1H3,(H,34,38)(H,35,37)/t25-,29+/m1/s1. The third-order valence-electron chi connectivity index (χ3n) is 6.69. The molecule has 0 bridgehead atoms. The maximum atomic E-state index is 13.2. The summed E-state index contributed by atoms with van der Waals surface area (Å²) in [5.41, 5.74) is 9.42. The Balaban J connectivity index is 1.39. The number of nitrogen functional groups attached to an aromatic ring is 1. The highest BCUT2D eigenvalue weighted by atomic mass is 16.7. The van der Waals surface area contributed by atoms with Crippen LogP contribution in [0.3, 0.4) is 0 Å². The number of esters is 1. The Morgan fingerprint density at radius 2 is 1.65 bits per heavy atom. The van der Waals surface area contributed by atoms with Crippen molar-refractivity contribution in [3.05, 3.63) is 107 Å². The van der Waals surface area contributed by atoms with Gasteiger partial charge in [0, 0.05) is 24.4 Å². The van der Waals surface area contributed by atoms with Crippen molar-refractivity contribution in [2.24, 2.45) is 0 Å². The number of methoxy groups -OCH3 is 1. The number of nitrogens with one attached hydrogen (secondary N) is 2. The Kier molecular flexibility index (Phi) is 11.3. The molecule has 0 saturated carbocycles. The van der Waals surface area contributed by atoms with Gasteiger partial charge >= 0.3 is 5.97 Å². The lowest BCUT2D eigenvalue weighted by atomic mass is 9.92. The molecule has 11 heteroatoms. The first-order valence-electron chi connectivity index (χ1n) is 13.8. The van der Waals surface area contributed by atoms with Gasteiger partial charge < -0.3 is 40.4 Å². The summed E-state index contributed by atoms with van der Waals surface area (Å²) in [4.78, 5) is 37.6. The number of hydrogen-bond acceptors (Lipinski definition) is 9. The molecule has 2 amide bonds. The second-order valence-corrected chi connectivity index (χ2v) is 9.66. The molecule has 226 valence electrons. The van der Waals surface area contributed by atoms with Gasteiger partial charge in [-0.05, 0) is 53.6 Å². The van der Waals surface area contributed by atoms with Crippen molar-refractivity contribution in [2.45, 2.75) is 25.2 Å². The zero-order valence-electron chi connectivity index (χ0n) is 23.8. The van der Waals surface area contributed by atoms with Crippen LogP contribution in [0.15, 0.2) is 84.6 Å². The number of allylic oxidation sites excluding steroid dienone is 1. The molecular weight excluding hydrogens is 554 g/mol. The van der Waals surface area contributed by atoms with Crippen LogP contribution < -0.4 is 16.4 Å². The van der Waals surface area contributed by atoms with Crippen LogP contribution in [0.25, 0.3) is 0 Å². The minimum atomic E-state index is -0.717. The van der Waals surface area contributed by atoms with E-state index in [1.165, 1.54) is 7.11 Å². The predicted octanol–water partition coefficient (Wildman–Crippen LogP) is 3.36. The molecule has 1 heterocycles. The lowest BCUT2D eigenvalue weighted by Gasteiger charge is -2.29. The minimum absolute atomic E-state index is 0.0879. The van der Waals surface area contributed by atoms with Crippen molar-refractivity contribution in [3.8, 4) is 0 Å². The summed E-state index contributed by atoms with van der Waals surface area (Å²) in [6.45, 7) is 0.785. The molecule has 2 atom stereocenters. The van der Waals surface area contributed by atoms with E-state index in [-0.39, 0.29) is 50.6 Å². The second-order valence-electron chi connectivity index (χ2n) is 9.66. The number of ether oxygens (including phenoxy) is 4. The Labute approximate surface area is 249 Å². The van der Waals surface area contributed by atoms with E-state index in [1.54, 1.807) is 78.9 Å². The van der Waals surface area contributed by atoms with E-state index >= 15 is 0 Å². The van der Waals surface area contributed by atoms with Gasteiger partial charge in [-0.2, -0.15) is 0 Å². The first-order chi connectivity index (χ1) is 20.9. The van der Waals surface area contributed by atoms with Crippen molar-refractivity contribution >= 4 is 29.2 Å². The zero-order valence-corrected chi connectivity index (χ0v) is 23.8. The quantitative estimate of drug-likeness (QED) is 0.133. The zero-order chi connectivity index (χ0) is 30.6. The largest absolute Gasteiger partial charge is 0.465 e. The van der Waals surface area contributed by atoms with Gasteiger partial charge in [0.2, 0.25) is 6.29 Å². The molecule has 3 aromatic carbocycles. The third-order valence-corrected chi connectivity index (χ3v) is 6.69. The average Bonchev–Trinajstić information content (AvgIpc) is 3.04. The second kappa shape index (κ2) is 15.5. The maximum Gasteiger partial charge on any atom is 0.337 e. The average molecular weight is 590 g/mol. The van der Waals surface area contributed by atoms with Crippen molar-refractivity contribution in [1.82, 2.24) is 5.32 Å². The first-order valence-corrected chi connectivity index (χ1v) is 13.8. The molecule has 1 aliphatic heterocycles. The van der Waals surface area contributed by atoms with E-state index in [2.05, 4.69) is 10.6 Å². The number of carbonyl (C=O) groups excluding carboxylic acids is 3. The van der Waals surface area contributed by atoms with Crippen LogP contribution >= 0.6 is 0 Å². The number of para-hydroxylation sites is 2. The number of rotatable bonds is 13. The van der Waals surface area contributed by atoms with Gasteiger partial charge in [-0.15, -0.1) is 0 Å². The fourth-order valence-corrected chi connectivity index (χ4v) is 4.39. The Morgan fingerprint density at radius 1 is 0.930 bits per heavy atom. The van der Waals surface area contributed by atoms with Gasteiger partial charge in [0.05, 0.1) is 50.5 Å². The summed E-state index contributed by atoms with van der Waals surface area (Å²) >= 11 is 0. The lowest BCUT2D eigenvalue weighted by molar-refractivity contribution is -0.151. The molecule has 0 fully saturated rings. The number of aliphatic hydroxyl groups is 1. The van der Waals surface area contributed by atoms with Gasteiger partial charge in [0.1, 0.15) is 0 Å². The molecule has 1 aliphatic rings. The van der Waals surface area contributed by atoms with E-state index in [4.69, 9.17) is 29.8 Å². The van der Waals surface area contributed by atoms with Crippen LogP contribution in [0.5, 0.6) is 0 Å². The lowest BCUT2D eigenvalue weighted by Crippen LogP contribution is -2.33. The predicted molar refractivity (Wildman–Crippen MR) is 159 cm³/mol. The molecule has 43 heavy (non-hydrogen) atoms. The molecule has 0 radical (unpaired) electrons. The number of carbonyl (C=O) groups is 3. The van der Waals surface area contributed by atoms with Crippen LogP contribution in [0, 0.1) is 0 Å². The van der Waals surface area contributed by atoms with Crippen molar-refractivity contribution < 1.29 is 38.4 Å². The topological polar surface area (TPSA) is 158 Å². The number of anilines is 2. The Morgan fingerprint density at radius 3 is 2.35 bits per heavy atom. The van der Waals surface area contributed by atoms with Crippen LogP contribution in [0.4, 0.5) is 11.4 Å². The molecule has 0 aliphatic carbocycles. The smallest absolute Gasteiger partial charge is 0.337 e. The summed E-state index contributed by atoms with van der Waals surface area (Å²) in [5, 5.41) is 14.5. The monoisotopic (exact) mass is 589 g/mol. The molecule has 5 N–H and O–H groups in total. The summed E-state index contributed by atoms with van der Waals surface area (Å²) in [6, 6.07) is 20.8. The van der Waals surface area contributed by atoms with Gasteiger partial charge in [0.25, 0.3) is 11.8 Å². The van der Waals surface area contributed by atoms with E-state index < -0.39 is 18.2 Å². The van der Waals surface area contributed by atoms with E-state index in [0.29, 0.717) is 28.9 Å². The van der Waals surface area contributed by atoms with Crippen molar-refractivity contribution in [3.63, 3.8) is 0 Å². The van der Waals surface area contributed by atoms with Crippen LogP contribution in [-0.4, -0.2) is 62.7 Å². The summed E-state index contributed by atoms with van der Waals surface area (Å²) in [5.74, 6) is -1.28. The Bertz CT molecular complexity index is 1420. The molecule has 3 aromatic rings. The minimum Gasteiger partial charge on any atom is -0.465 e. The van der Waals surface area contributed by atoms with Gasteiger partial charge in [-0.1, -0.05) is 36.4 Å². The van der Waals surface area contributed by atoms with Crippen molar-refractivity contribution in [1.29, 1.82) is 0 Å². The van der Waals surface area contributed by atoms with Crippen LogP contribution in [-0.2, 0) is 30.3 Å². The fraction of sp³-hybridized carbons (Fsp3) is 0.281. The Hall–Kier alpha value is -4.71. The highest BCUT2D eigenvalue weighted by Crippen LogP contribution is 2.32. The van der Waals surface area contributed by atoms with E-state index in [9.17, 15) is 14.4 Å². The highest BCUT2D eigenvalue weighted by molar-refractivity contribution is 6.05. The van der Waals surface area contributed by atoms with Gasteiger partial charge in [0.15, 0.2) is 5.76 Å². The summed E-state index contributed by atoms with van der Waals surface area (Å²) < 4.78 is 21.7. The van der Waals surface area contributed by atoms with Crippen LogP contribution in [0.2, 0.25) is 0 Å². The summed E-state index contributed by atoms with van der Waals surface area (Å²) in [7, 11) is 1.32. The SMILES string of the molecule is COC(=O)c1ccc([C@@H]2C=C(C(=O)NCc3ccc(C(=O)Nc4ccccc4N)cc3)O[C@H](OCCOCCO)C2)cc1. The summed E-state index contributed by atoms with van der Waals surface area (Å²) in [6.07, 6.45) is 1.45. The number of aliphatic hydroxyl groups excluding tert-OH is 1. The van der Waals surface area contributed by atoms with E-state index in [1.807, 2.05) is 0 Å². The van der Waals surface area contributed by atoms with Crippen molar-refractivity contribution in [2.75, 3.05) is 44.6 Å². The number of nitrogens with two attached hydrogens (primary N) is 1. The first kappa shape index (κ1) is 31.2. The maximum absolute atomic E-state index is 13.2. The fourth-order valence-electron chi connectivity index (χ4n) is 4.39. The number of benzene rings is 3. The molecule has 0 saturated heterocycles. The van der Waals surface area contributed by atoms with Crippen LogP contribution in [0.1, 0.15) is 44.2 Å². The van der Waals surface area contributed by atoms with Gasteiger partial charge in [-0.25, -0.2) is 4.79 Å².